The Hall–Kier alpha value is -1.26. The molecular weight excluding hydrogens is 312 g/mol. The molecule has 1 saturated heterocycles. The van der Waals surface area contributed by atoms with Crippen LogP contribution in [0, 0.1) is 12.8 Å². The van der Waals surface area contributed by atoms with Crippen LogP contribution in [0.15, 0.2) is 24.3 Å². The number of amides is 1. The number of ether oxygens (including phenoxy) is 1. The van der Waals surface area contributed by atoms with Gasteiger partial charge in [0.05, 0.1) is 6.61 Å². The van der Waals surface area contributed by atoms with Crippen LogP contribution in [0.2, 0.25) is 0 Å². The minimum Gasteiger partial charge on any atom is -0.494 e. The lowest BCUT2D eigenvalue weighted by Gasteiger charge is -2.30. The van der Waals surface area contributed by atoms with Crippen LogP contribution in [0.25, 0.3) is 0 Å². The fraction of sp³-hybridized carbons (Fsp3) is 0.611. The van der Waals surface area contributed by atoms with Crippen molar-refractivity contribution in [2.24, 2.45) is 5.92 Å². The first-order valence-electron chi connectivity index (χ1n) is 8.34. The van der Waals surface area contributed by atoms with Gasteiger partial charge in [0.1, 0.15) is 5.75 Å². The average Bonchev–Trinajstić information content (AvgIpc) is 2.49. The molecule has 1 amide bonds. The van der Waals surface area contributed by atoms with Crippen LogP contribution >= 0.6 is 12.4 Å². The molecule has 2 unspecified atom stereocenters. The van der Waals surface area contributed by atoms with Gasteiger partial charge in [0.2, 0.25) is 5.91 Å². The molecule has 5 heteroatoms. The maximum Gasteiger partial charge on any atom is 0.220 e. The minimum absolute atomic E-state index is 0. The second kappa shape index (κ2) is 10.5. The van der Waals surface area contributed by atoms with Gasteiger partial charge in [-0.3, -0.25) is 4.79 Å². The third kappa shape index (κ3) is 7.23. The molecule has 1 heterocycles. The van der Waals surface area contributed by atoms with E-state index in [1.807, 2.05) is 18.2 Å². The summed E-state index contributed by atoms with van der Waals surface area (Å²) in [7, 11) is 0. The van der Waals surface area contributed by atoms with E-state index in [9.17, 15) is 4.79 Å². The summed E-state index contributed by atoms with van der Waals surface area (Å²) in [4.78, 5) is 12.0. The van der Waals surface area contributed by atoms with E-state index in [1.165, 1.54) is 5.56 Å². The second-order valence-corrected chi connectivity index (χ2v) is 6.27. The van der Waals surface area contributed by atoms with Gasteiger partial charge in [-0.15, -0.1) is 12.4 Å². The maximum absolute atomic E-state index is 12.0. The van der Waals surface area contributed by atoms with E-state index in [1.54, 1.807) is 0 Å². The largest absolute Gasteiger partial charge is 0.494 e. The summed E-state index contributed by atoms with van der Waals surface area (Å²) in [6.07, 6.45) is 3.40. The molecule has 1 aliphatic heterocycles. The number of nitrogens with one attached hydrogen (secondary N) is 2. The van der Waals surface area contributed by atoms with Crippen LogP contribution in [0.3, 0.4) is 0 Å². The number of unbranched alkanes of at least 4 members (excludes halogenated alkanes) is 1. The number of aryl methyl sites for hydroxylation is 1. The molecular formula is C18H29ClN2O2. The normalized spacial score (nSPS) is 20.4. The van der Waals surface area contributed by atoms with Crippen LogP contribution in [0.1, 0.15) is 38.2 Å². The smallest absolute Gasteiger partial charge is 0.220 e. The topological polar surface area (TPSA) is 50.4 Å². The third-order valence-corrected chi connectivity index (χ3v) is 4.19. The maximum atomic E-state index is 12.0. The Morgan fingerprint density at radius 3 is 2.96 bits per heavy atom. The van der Waals surface area contributed by atoms with Gasteiger partial charge in [0.15, 0.2) is 0 Å². The number of piperidine rings is 1. The predicted molar refractivity (Wildman–Crippen MR) is 96.4 cm³/mol. The lowest BCUT2D eigenvalue weighted by Crippen LogP contribution is -2.48. The zero-order valence-electron chi connectivity index (χ0n) is 14.1. The lowest BCUT2D eigenvalue weighted by atomic mass is 9.95. The van der Waals surface area contributed by atoms with Crippen molar-refractivity contribution in [1.29, 1.82) is 0 Å². The molecule has 0 spiro atoms. The Bertz CT molecular complexity index is 482. The Morgan fingerprint density at radius 1 is 1.39 bits per heavy atom. The molecule has 2 atom stereocenters. The summed E-state index contributed by atoms with van der Waals surface area (Å²) in [5, 5.41) is 6.51. The molecule has 1 aromatic carbocycles. The van der Waals surface area contributed by atoms with Crippen LogP contribution in [0.5, 0.6) is 5.75 Å². The van der Waals surface area contributed by atoms with Gasteiger partial charge >= 0.3 is 0 Å². The Kier molecular flexibility index (Phi) is 9.03. The zero-order valence-corrected chi connectivity index (χ0v) is 15.0. The highest BCUT2D eigenvalue weighted by molar-refractivity contribution is 5.85. The number of hydrogen-bond acceptors (Lipinski definition) is 3. The Labute approximate surface area is 145 Å². The highest BCUT2D eigenvalue weighted by atomic mass is 35.5. The van der Waals surface area contributed by atoms with Gasteiger partial charge in [-0.2, -0.15) is 0 Å². The molecule has 4 nitrogen and oxygen atoms in total. The number of benzene rings is 1. The molecule has 0 saturated carbocycles. The molecule has 0 aliphatic carbocycles. The van der Waals surface area contributed by atoms with Gasteiger partial charge in [0, 0.05) is 12.5 Å². The summed E-state index contributed by atoms with van der Waals surface area (Å²) in [6, 6.07) is 8.39. The predicted octanol–water partition coefficient (Wildman–Crippen LogP) is 3.08. The molecule has 1 aromatic rings. The molecule has 130 valence electrons. The summed E-state index contributed by atoms with van der Waals surface area (Å²) in [6.45, 7) is 6.90. The quantitative estimate of drug-likeness (QED) is 0.750. The molecule has 1 aliphatic rings. The lowest BCUT2D eigenvalue weighted by molar-refractivity contribution is -0.122. The highest BCUT2D eigenvalue weighted by Gasteiger charge is 2.22. The Balaban J connectivity index is 0.00000264. The SMILES string of the molecule is Cc1cccc(OCCCCC(=O)NC2CCNCC2C)c1.Cl. The fourth-order valence-corrected chi connectivity index (χ4v) is 2.79. The number of carbonyl (C=O) groups is 1. The first kappa shape index (κ1) is 19.8. The van der Waals surface area contributed by atoms with E-state index >= 15 is 0 Å². The van der Waals surface area contributed by atoms with E-state index < -0.39 is 0 Å². The van der Waals surface area contributed by atoms with Gasteiger partial charge in [0.25, 0.3) is 0 Å². The monoisotopic (exact) mass is 340 g/mol. The zero-order chi connectivity index (χ0) is 15.8. The van der Waals surface area contributed by atoms with Crippen molar-refractivity contribution in [2.75, 3.05) is 19.7 Å². The summed E-state index contributed by atoms with van der Waals surface area (Å²) in [5.74, 6) is 1.60. The van der Waals surface area contributed by atoms with E-state index in [4.69, 9.17) is 4.74 Å². The molecule has 0 bridgehead atoms. The van der Waals surface area contributed by atoms with Gasteiger partial charge in [-0.25, -0.2) is 0 Å². The van der Waals surface area contributed by atoms with Crippen molar-refractivity contribution in [3.8, 4) is 5.75 Å². The van der Waals surface area contributed by atoms with Crippen molar-refractivity contribution < 1.29 is 9.53 Å². The van der Waals surface area contributed by atoms with Crippen molar-refractivity contribution >= 4 is 18.3 Å². The van der Waals surface area contributed by atoms with Gasteiger partial charge < -0.3 is 15.4 Å². The average molecular weight is 341 g/mol. The van der Waals surface area contributed by atoms with Crippen LogP contribution in [0.4, 0.5) is 0 Å². The molecule has 2 rings (SSSR count). The van der Waals surface area contributed by atoms with Crippen molar-refractivity contribution in [3.05, 3.63) is 29.8 Å². The van der Waals surface area contributed by atoms with Crippen LogP contribution in [-0.4, -0.2) is 31.6 Å². The molecule has 23 heavy (non-hydrogen) atoms. The van der Waals surface area contributed by atoms with Crippen LogP contribution in [-0.2, 0) is 4.79 Å². The first-order chi connectivity index (χ1) is 10.6. The van der Waals surface area contributed by atoms with E-state index in [0.29, 0.717) is 25.0 Å². The standard InChI is InChI=1S/C18H28N2O2.ClH/c1-14-6-5-7-16(12-14)22-11-4-3-8-18(21)20-17-9-10-19-13-15(17)2;/h5-7,12,15,17,19H,3-4,8-11,13H2,1-2H3,(H,20,21);1H. The third-order valence-electron chi connectivity index (χ3n) is 4.19. The summed E-state index contributed by atoms with van der Waals surface area (Å²) >= 11 is 0. The van der Waals surface area contributed by atoms with E-state index in [-0.39, 0.29) is 18.3 Å². The molecule has 0 radical (unpaired) electrons. The van der Waals surface area contributed by atoms with Crippen molar-refractivity contribution in [1.82, 2.24) is 10.6 Å². The van der Waals surface area contributed by atoms with E-state index in [0.717, 1.165) is 38.1 Å². The minimum atomic E-state index is 0. The first-order valence-corrected chi connectivity index (χ1v) is 8.34. The second-order valence-electron chi connectivity index (χ2n) is 6.27. The number of rotatable bonds is 7. The van der Waals surface area contributed by atoms with Gasteiger partial charge in [-0.1, -0.05) is 19.1 Å². The van der Waals surface area contributed by atoms with Crippen molar-refractivity contribution in [2.45, 2.75) is 45.6 Å². The number of carbonyl (C=O) groups excluding carboxylic acids is 1. The van der Waals surface area contributed by atoms with Crippen molar-refractivity contribution in [3.63, 3.8) is 0 Å². The fourth-order valence-electron chi connectivity index (χ4n) is 2.79. The summed E-state index contributed by atoms with van der Waals surface area (Å²) < 4.78 is 5.70. The van der Waals surface area contributed by atoms with Gasteiger partial charge in [-0.05, 0) is 62.9 Å². The number of hydrogen-bond donors (Lipinski definition) is 2. The summed E-state index contributed by atoms with van der Waals surface area (Å²) in [5.41, 5.74) is 1.20. The van der Waals surface area contributed by atoms with E-state index in [2.05, 4.69) is 30.5 Å². The molecule has 2 N–H and O–H groups in total. The molecule has 1 fully saturated rings. The number of halogens is 1. The van der Waals surface area contributed by atoms with Crippen LogP contribution < -0.4 is 15.4 Å². The Morgan fingerprint density at radius 2 is 2.22 bits per heavy atom. The molecule has 0 aromatic heterocycles. The highest BCUT2D eigenvalue weighted by Crippen LogP contribution is 2.13.